The first kappa shape index (κ1) is 18.9. The van der Waals surface area contributed by atoms with E-state index in [4.69, 9.17) is 0 Å². The van der Waals surface area contributed by atoms with Gasteiger partial charge in [-0.15, -0.1) is 11.3 Å². The Morgan fingerprint density at radius 2 is 2.00 bits per heavy atom. The Balaban J connectivity index is 1.45. The number of nitrogens with zero attached hydrogens (tertiary/aromatic N) is 3. The standard InChI is InChI=1S/C21H17FN4O2S/c1-13-2-5-15(6-3-13)24-19(27)9-20-25-16(11-29-20)10-26-12-23-18-8-14(22)4-7-17(18)21(26)28/h2-8,11-12H,9-10H2,1H3,(H,24,27). The van der Waals surface area contributed by atoms with Gasteiger partial charge in [-0.3, -0.25) is 14.2 Å². The average molecular weight is 408 g/mol. The Morgan fingerprint density at radius 3 is 2.79 bits per heavy atom. The quantitative estimate of drug-likeness (QED) is 0.548. The molecule has 4 rings (SSSR count). The molecule has 6 nitrogen and oxygen atoms in total. The third-order valence-corrected chi connectivity index (χ3v) is 5.26. The van der Waals surface area contributed by atoms with E-state index in [-0.39, 0.29) is 24.4 Å². The van der Waals surface area contributed by atoms with Crippen molar-refractivity contribution >= 4 is 33.8 Å². The Hall–Kier alpha value is -3.39. The van der Waals surface area contributed by atoms with Gasteiger partial charge in [-0.1, -0.05) is 17.7 Å². The highest BCUT2D eigenvalue weighted by molar-refractivity contribution is 7.09. The Kier molecular flexibility index (Phi) is 5.18. The van der Waals surface area contributed by atoms with Gasteiger partial charge in [0.1, 0.15) is 10.8 Å². The van der Waals surface area contributed by atoms with Crippen LogP contribution >= 0.6 is 11.3 Å². The smallest absolute Gasteiger partial charge is 0.261 e. The van der Waals surface area contributed by atoms with Crippen LogP contribution in [0.15, 0.2) is 59.0 Å². The van der Waals surface area contributed by atoms with E-state index in [1.807, 2.05) is 36.6 Å². The summed E-state index contributed by atoms with van der Waals surface area (Å²) in [4.78, 5) is 33.4. The SMILES string of the molecule is Cc1ccc(NC(=O)Cc2nc(Cn3cnc4cc(F)ccc4c3=O)cs2)cc1. The van der Waals surface area contributed by atoms with Crippen molar-refractivity contribution in [1.82, 2.24) is 14.5 Å². The Morgan fingerprint density at radius 1 is 1.21 bits per heavy atom. The number of carbonyl (C=O) groups is 1. The fraction of sp³-hybridized carbons (Fsp3) is 0.143. The summed E-state index contributed by atoms with van der Waals surface area (Å²) >= 11 is 1.36. The summed E-state index contributed by atoms with van der Waals surface area (Å²) in [6.45, 7) is 2.21. The molecule has 8 heteroatoms. The highest BCUT2D eigenvalue weighted by Crippen LogP contribution is 2.14. The number of hydrogen-bond acceptors (Lipinski definition) is 5. The first-order chi connectivity index (χ1) is 14.0. The van der Waals surface area contributed by atoms with Crippen molar-refractivity contribution in [1.29, 1.82) is 0 Å². The lowest BCUT2D eigenvalue weighted by atomic mass is 10.2. The minimum Gasteiger partial charge on any atom is -0.326 e. The Bertz CT molecular complexity index is 1250. The summed E-state index contributed by atoms with van der Waals surface area (Å²) < 4.78 is 14.7. The summed E-state index contributed by atoms with van der Waals surface area (Å²) in [7, 11) is 0. The monoisotopic (exact) mass is 408 g/mol. The molecule has 0 bridgehead atoms. The summed E-state index contributed by atoms with van der Waals surface area (Å²) in [5.41, 5.74) is 2.58. The molecule has 29 heavy (non-hydrogen) atoms. The highest BCUT2D eigenvalue weighted by Gasteiger charge is 2.11. The number of halogens is 1. The number of aromatic nitrogens is 3. The molecule has 1 N–H and O–H groups in total. The maximum Gasteiger partial charge on any atom is 0.261 e. The fourth-order valence-corrected chi connectivity index (χ4v) is 3.68. The predicted molar refractivity (Wildman–Crippen MR) is 111 cm³/mol. The van der Waals surface area contributed by atoms with E-state index in [9.17, 15) is 14.0 Å². The summed E-state index contributed by atoms with van der Waals surface area (Å²) in [5.74, 6) is -0.587. The number of amides is 1. The van der Waals surface area contributed by atoms with Crippen LogP contribution in [0.4, 0.5) is 10.1 Å². The molecule has 2 heterocycles. The van der Waals surface area contributed by atoms with Crippen molar-refractivity contribution in [2.24, 2.45) is 0 Å². The first-order valence-electron chi connectivity index (χ1n) is 8.92. The van der Waals surface area contributed by atoms with Gasteiger partial charge >= 0.3 is 0 Å². The van der Waals surface area contributed by atoms with Crippen LogP contribution < -0.4 is 10.9 Å². The highest BCUT2D eigenvalue weighted by atomic mass is 32.1. The summed E-state index contributed by atoms with van der Waals surface area (Å²) in [6.07, 6.45) is 1.54. The van der Waals surface area contributed by atoms with Gasteiger partial charge in [0.2, 0.25) is 5.91 Å². The zero-order valence-corrected chi connectivity index (χ0v) is 16.4. The lowest BCUT2D eigenvalue weighted by Crippen LogP contribution is -2.21. The molecule has 2 aromatic heterocycles. The van der Waals surface area contributed by atoms with E-state index in [0.29, 0.717) is 21.6 Å². The van der Waals surface area contributed by atoms with Crippen LogP contribution in [0, 0.1) is 12.7 Å². The molecule has 0 aliphatic heterocycles. The molecule has 0 aliphatic rings. The van der Waals surface area contributed by atoms with Crippen molar-refractivity contribution in [3.05, 3.63) is 86.6 Å². The number of carbonyl (C=O) groups excluding carboxylic acids is 1. The largest absolute Gasteiger partial charge is 0.326 e. The molecule has 0 saturated heterocycles. The number of thiazole rings is 1. The second-order valence-corrected chi connectivity index (χ2v) is 7.61. The fourth-order valence-electron chi connectivity index (χ4n) is 2.90. The van der Waals surface area contributed by atoms with Crippen molar-refractivity contribution in [2.75, 3.05) is 5.32 Å². The molecular weight excluding hydrogens is 391 g/mol. The van der Waals surface area contributed by atoms with Crippen LogP contribution in [0.5, 0.6) is 0 Å². The zero-order valence-electron chi connectivity index (χ0n) is 15.6. The lowest BCUT2D eigenvalue weighted by molar-refractivity contribution is -0.115. The third-order valence-electron chi connectivity index (χ3n) is 4.37. The van der Waals surface area contributed by atoms with Crippen LogP contribution in [-0.2, 0) is 17.8 Å². The molecule has 0 atom stereocenters. The maximum atomic E-state index is 13.3. The number of benzene rings is 2. The van der Waals surface area contributed by atoms with Crippen LogP contribution in [-0.4, -0.2) is 20.4 Å². The van der Waals surface area contributed by atoms with Gasteiger partial charge in [-0.25, -0.2) is 14.4 Å². The van der Waals surface area contributed by atoms with Gasteiger partial charge in [-0.05, 0) is 31.2 Å². The lowest BCUT2D eigenvalue weighted by Gasteiger charge is -2.05. The van der Waals surface area contributed by atoms with Crippen LogP contribution in [0.25, 0.3) is 10.9 Å². The second-order valence-electron chi connectivity index (χ2n) is 6.66. The zero-order chi connectivity index (χ0) is 20.4. The number of rotatable bonds is 5. The van der Waals surface area contributed by atoms with Gasteiger partial charge in [0.25, 0.3) is 5.56 Å². The van der Waals surface area contributed by atoms with E-state index >= 15 is 0 Å². The van der Waals surface area contributed by atoms with Crippen molar-refractivity contribution < 1.29 is 9.18 Å². The van der Waals surface area contributed by atoms with E-state index in [0.717, 1.165) is 11.3 Å². The Labute approximate surface area is 169 Å². The number of aryl methyl sites for hydroxylation is 1. The van der Waals surface area contributed by atoms with Gasteiger partial charge in [0.05, 0.1) is 35.9 Å². The minimum absolute atomic E-state index is 0.152. The predicted octanol–water partition coefficient (Wildman–Crippen LogP) is 3.53. The number of fused-ring (bicyclic) bond motifs is 1. The van der Waals surface area contributed by atoms with Crippen molar-refractivity contribution in [3.8, 4) is 0 Å². The molecule has 0 unspecified atom stereocenters. The van der Waals surface area contributed by atoms with Crippen molar-refractivity contribution in [3.63, 3.8) is 0 Å². The maximum absolute atomic E-state index is 13.3. The molecule has 4 aromatic rings. The molecule has 1 amide bonds. The molecular formula is C21H17FN4O2S. The number of hydrogen-bond donors (Lipinski definition) is 1. The first-order valence-corrected chi connectivity index (χ1v) is 9.80. The van der Waals surface area contributed by atoms with E-state index < -0.39 is 5.82 Å². The van der Waals surface area contributed by atoms with Crippen LogP contribution in [0.2, 0.25) is 0 Å². The summed E-state index contributed by atoms with van der Waals surface area (Å²) in [6, 6.07) is 11.5. The minimum atomic E-state index is -0.435. The van der Waals surface area contributed by atoms with Gasteiger partial charge < -0.3 is 5.32 Å². The third kappa shape index (κ3) is 4.38. The molecule has 0 fully saturated rings. The molecule has 146 valence electrons. The second kappa shape index (κ2) is 7.92. The normalized spacial score (nSPS) is 11.0. The van der Waals surface area contributed by atoms with Gasteiger partial charge in [0.15, 0.2) is 0 Å². The van der Waals surface area contributed by atoms with E-state index in [1.165, 1.54) is 40.4 Å². The average Bonchev–Trinajstić information content (AvgIpc) is 3.12. The van der Waals surface area contributed by atoms with E-state index in [2.05, 4.69) is 15.3 Å². The molecule has 0 radical (unpaired) electrons. The topological polar surface area (TPSA) is 76.9 Å². The van der Waals surface area contributed by atoms with E-state index in [1.54, 1.807) is 0 Å². The molecule has 0 saturated carbocycles. The molecule has 0 spiro atoms. The van der Waals surface area contributed by atoms with Crippen LogP contribution in [0.1, 0.15) is 16.3 Å². The van der Waals surface area contributed by atoms with Gasteiger partial charge in [0, 0.05) is 17.1 Å². The molecule has 0 aliphatic carbocycles. The van der Waals surface area contributed by atoms with Crippen molar-refractivity contribution in [2.45, 2.75) is 19.9 Å². The number of anilines is 1. The number of nitrogens with one attached hydrogen (secondary N) is 1. The van der Waals surface area contributed by atoms with Gasteiger partial charge in [-0.2, -0.15) is 0 Å². The molecule has 2 aromatic carbocycles. The summed E-state index contributed by atoms with van der Waals surface area (Å²) in [5, 5.41) is 5.67. The van der Waals surface area contributed by atoms with Crippen LogP contribution in [0.3, 0.4) is 0 Å².